The number of nitrogens with zero attached hydrogens (tertiary/aromatic N) is 1. The average Bonchev–Trinajstić information content (AvgIpc) is 2.12. The fourth-order valence-corrected chi connectivity index (χ4v) is 1.87. The average molecular weight is 257 g/mol. The van der Waals surface area contributed by atoms with E-state index in [2.05, 4.69) is 24.1 Å². The van der Waals surface area contributed by atoms with E-state index < -0.39 is 6.04 Å². The molecular formula is C14H31N3O. The molecule has 0 bridgehead atoms. The highest BCUT2D eigenvalue weighted by Crippen LogP contribution is 2.17. The molecule has 0 aromatic carbocycles. The molecule has 0 saturated heterocycles. The third-order valence-corrected chi connectivity index (χ3v) is 2.90. The summed E-state index contributed by atoms with van der Waals surface area (Å²) in [4.78, 5) is 14.2. The van der Waals surface area contributed by atoms with Gasteiger partial charge in [-0.2, -0.15) is 0 Å². The van der Waals surface area contributed by atoms with Crippen LogP contribution in [-0.4, -0.2) is 43.5 Å². The summed E-state index contributed by atoms with van der Waals surface area (Å²) in [5.74, 6) is 0.510. The van der Waals surface area contributed by atoms with E-state index in [0.29, 0.717) is 5.92 Å². The SMILES string of the molecule is CC(C)CC(CN(C)C)NC(=O)[C@@H](N)C(C)(C)C. The van der Waals surface area contributed by atoms with Crippen molar-refractivity contribution in [3.63, 3.8) is 0 Å². The van der Waals surface area contributed by atoms with Crippen LogP contribution in [0.3, 0.4) is 0 Å². The highest BCUT2D eigenvalue weighted by atomic mass is 16.2. The molecule has 2 atom stereocenters. The molecule has 0 radical (unpaired) electrons. The molecule has 4 nitrogen and oxygen atoms in total. The zero-order chi connectivity index (χ0) is 14.5. The van der Waals surface area contributed by atoms with E-state index in [9.17, 15) is 4.79 Å². The summed E-state index contributed by atoms with van der Waals surface area (Å²) in [6, 6.07) is -0.296. The highest BCUT2D eigenvalue weighted by molar-refractivity contribution is 5.82. The monoisotopic (exact) mass is 257 g/mol. The van der Waals surface area contributed by atoms with Gasteiger partial charge in [0.2, 0.25) is 5.91 Å². The van der Waals surface area contributed by atoms with Crippen LogP contribution >= 0.6 is 0 Å². The first kappa shape index (κ1) is 17.4. The molecule has 1 unspecified atom stereocenters. The summed E-state index contributed by atoms with van der Waals surface area (Å²) in [6.07, 6.45) is 0.973. The molecule has 0 rings (SSSR count). The zero-order valence-electron chi connectivity index (χ0n) is 13.1. The van der Waals surface area contributed by atoms with Gasteiger partial charge in [-0.3, -0.25) is 4.79 Å². The summed E-state index contributed by atoms with van der Waals surface area (Å²) >= 11 is 0. The molecule has 3 N–H and O–H groups in total. The topological polar surface area (TPSA) is 58.4 Å². The lowest BCUT2D eigenvalue weighted by molar-refractivity contribution is -0.125. The molecule has 0 aliphatic carbocycles. The number of carbonyl (C=O) groups excluding carboxylic acids is 1. The third-order valence-electron chi connectivity index (χ3n) is 2.90. The van der Waals surface area contributed by atoms with Crippen LogP contribution in [0.2, 0.25) is 0 Å². The van der Waals surface area contributed by atoms with Gasteiger partial charge < -0.3 is 16.0 Å². The van der Waals surface area contributed by atoms with Gasteiger partial charge in [-0.05, 0) is 31.8 Å². The van der Waals surface area contributed by atoms with Gasteiger partial charge in [0.25, 0.3) is 0 Å². The predicted octanol–water partition coefficient (Wildman–Crippen LogP) is 1.45. The van der Waals surface area contributed by atoms with Gasteiger partial charge >= 0.3 is 0 Å². The molecule has 1 amide bonds. The summed E-state index contributed by atoms with van der Waals surface area (Å²) in [6.45, 7) is 11.1. The third kappa shape index (κ3) is 6.97. The summed E-state index contributed by atoms with van der Waals surface area (Å²) in [5.41, 5.74) is 5.77. The van der Waals surface area contributed by atoms with Crippen molar-refractivity contribution < 1.29 is 4.79 Å². The molecule has 0 aliphatic heterocycles. The summed E-state index contributed by atoms with van der Waals surface area (Å²) in [7, 11) is 4.03. The Kier molecular flexibility index (Phi) is 6.86. The van der Waals surface area contributed by atoms with Crippen molar-refractivity contribution in [3.8, 4) is 0 Å². The van der Waals surface area contributed by atoms with Crippen LogP contribution < -0.4 is 11.1 Å². The molecular weight excluding hydrogens is 226 g/mol. The Bertz CT molecular complexity index is 246. The first-order valence-electron chi connectivity index (χ1n) is 6.74. The van der Waals surface area contributed by atoms with E-state index in [0.717, 1.165) is 13.0 Å². The van der Waals surface area contributed by atoms with E-state index in [1.807, 2.05) is 34.9 Å². The number of hydrogen-bond acceptors (Lipinski definition) is 3. The largest absolute Gasteiger partial charge is 0.351 e. The molecule has 0 fully saturated rings. The van der Waals surface area contributed by atoms with Gasteiger partial charge in [0.05, 0.1) is 6.04 Å². The molecule has 4 heteroatoms. The molecule has 0 saturated carbocycles. The Morgan fingerprint density at radius 1 is 1.28 bits per heavy atom. The molecule has 0 aromatic rings. The van der Waals surface area contributed by atoms with Gasteiger partial charge in [0, 0.05) is 12.6 Å². The first-order chi connectivity index (χ1) is 8.04. The van der Waals surface area contributed by atoms with Gasteiger partial charge in [0.1, 0.15) is 0 Å². The maximum absolute atomic E-state index is 12.1. The van der Waals surface area contributed by atoms with Crippen LogP contribution in [-0.2, 0) is 4.79 Å². The molecule has 0 aromatic heterocycles. The molecule has 0 heterocycles. The normalized spacial score (nSPS) is 15.9. The number of rotatable bonds is 6. The van der Waals surface area contributed by atoms with Crippen molar-refractivity contribution in [2.45, 2.75) is 53.1 Å². The van der Waals surface area contributed by atoms with Crippen molar-refractivity contribution >= 4 is 5.91 Å². The van der Waals surface area contributed by atoms with Crippen molar-refractivity contribution in [1.82, 2.24) is 10.2 Å². The lowest BCUT2D eigenvalue weighted by Crippen LogP contribution is -2.53. The van der Waals surface area contributed by atoms with Crippen molar-refractivity contribution in [1.29, 1.82) is 0 Å². The van der Waals surface area contributed by atoms with E-state index in [1.165, 1.54) is 0 Å². The van der Waals surface area contributed by atoms with Gasteiger partial charge in [-0.15, -0.1) is 0 Å². The van der Waals surface area contributed by atoms with Gasteiger partial charge in [-0.25, -0.2) is 0 Å². The second-order valence-electron chi connectivity index (χ2n) is 6.94. The van der Waals surface area contributed by atoms with Crippen LogP contribution in [0.4, 0.5) is 0 Å². The van der Waals surface area contributed by atoms with Crippen molar-refractivity contribution in [3.05, 3.63) is 0 Å². The number of nitrogens with two attached hydrogens (primary N) is 1. The van der Waals surface area contributed by atoms with Gasteiger partial charge in [-0.1, -0.05) is 34.6 Å². The number of nitrogens with one attached hydrogen (secondary N) is 1. The van der Waals surface area contributed by atoms with Crippen LogP contribution in [0.15, 0.2) is 0 Å². The molecule has 18 heavy (non-hydrogen) atoms. The first-order valence-corrected chi connectivity index (χ1v) is 6.74. The van der Waals surface area contributed by atoms with Crippen LogP contribution in [0.25, 0.3) is 0 Å². The lowest BCUT2D eigenvalue weighted by Gasteiger charge is -2.30. The minimum absolute atomic E-state index is 0.0463. The lowest BCUT2D eigenvalue weighted by atomic mass is 9.86. The quantitative estimate of drug-likeness (QED) is 0.757. The Hall–Kier alpha value is -0.610. The van der Waals surface area contributed by atoms with E-state index >= 15 is 0 Å². The Balaban J connectivity index is 4.52. The number of likely N-dealkylation sites (N-methyl/N-ethyl adjacent to an activating group) is 1. The summed E-state index contributed by atoms with van der Waals surface area (Å²) in [5, 5.41) is 3.08. The van der Waals surface area contributed by atoms with E-state index in [-0.39, 0.29) is 17.4 Å². The Labute approximate surface area is 112 Å². The zero-order valence-corrected chi connectivity index (χ0v) is 13.1. The maximum Gasteiger partial charge on any atom is 0.237 e. The molecule has 0 aliphatic rings. The van der Waals surface area contributed by atoms with Crippen LogP contribution in [0.1, 0.15) is 41.0 Å². The fourth-order valence-electron chi connectivity index (χ4n) is 1.87. The van der Waals surface area contributed by atoms with Crippen LogP contribution in [0.5, 0.6) is 0 Å². The Morgan fingerprint density at radius 2 is 1.78 bits per heavy atom. The predicted molar refractivity (Wildman–Crippen MR) is 77.4 cm³/mol. The molecule has 108 valence electrons. The van der Waals surface area contributed by atoms with Crippen LogP contribution in [0, 0.1) is 11.3 Å². The fraction of sp³-hybridized carbons (Fsp3) is 0.929. The molecule has 0 spiro atoms. The summed E-state index contributed by atoms with van der Waals surface area (Å²) < 4.78 is 0. The van der Waals surface area contributed by atoms with Crippen molar-refractivity contribution in [2.24, 2.45) is 17.1 Å². The standard InChI is InChI=1S/C14H31N3O/c1-10(2)8-11(9-17(6)7)16-13(18)12(15)14(3,4)5/h10-12H,8-9,15H2,1-7H3,(H,16,18)/t11?,12-/m1/s1. The second kappa shape index (κ2) is 7.10. The number of carbonyl (C=O) groups is 1. The van der Waals surface area contributed by atoms with E-state index in [1.54, 1.807) is 0 Å². The smallest absolute Gasteiger partial charge is 0.237 e. The minimum Gasteiger partial charge on any atom is -0.351 e. The number of hydrogen-bond donors (Lipinski definition) is 2. The van der Waals surface area contributed by atoms with E-state index in [4.69, 9.17) is 5.73 Å². The highest BCUT2D eigenvalue weighted by Gasteiger charge is 2.29. The maximum atomic E-state index is 12.1. The second-order valence-corrected chi connectivity index (χ2v) is 6.94. The van der Waals surface area contributed by atoms with Gasteiger partial charge in [0.15, 0.2) is 0 Å². The number of amides is 1. The van der Waals surface area contributed by atoms with Crippen molar-refractivity contribution in [2.75, 3.05) is 20.6 Å². The minimum atomic E-state index is -0.464. The Morgan fingerprint density at radius 3 is 2.11 bits per heavy atom.